The number of hydrogen-bond acceptors (Lipinski definition) is 2. The van der Waals surface area contributed by atoms with Crippen LogP contribution in [0.15, 0.2) is 24.3 Å². The van der Waals surface area contributed by atoms with E-state index >= 15 is 0 Å². The van der Waals surface area contributed by atoms with Crippen molar-refractivity contribution in [2.75, 3.05) is 25.5 Å². The Labute approximate surface area is 115 Å². The van der Waals surface area contributed by atoms with Crippen LogP contribution in [0.25, 0.3) is 0 Å². The van der Waals surface area contributed by atoms with Crippen LogP contribution < -0.4 is 5.32 Å². The topological polar surface area (TPSA) is 32.3 Å². The maximum Gasteiger partial charge on any atom is 0.228 e. The Morgan fingerprint density at radius 3 is 2.79 bits per heavy atom. The highest BCUT2D eigenvalue weighted by molar-refractivity contribution is 5.93. The molecule has 3 nitrogen and oxygen atoms in total. The minimum Gasteiger partial charge on any atom is -0.326 e. The smallest absolute Gasteiger partial charge is 0.228 e. The Morgan fingerprint density at radius 1 is 1.32 bits per heavy atom. The van der Waals surface area contributed by atoms with Crippen molar-refractivity contribution in [2.24, 2.45) is 5.92 Å². The predicted octanol–water partition coefficient (Wildman–Crippen LogP) is 2.84. The molecule has 1 aliphatic carbocycles. The van der Waals surface area contributed by atoms with Gasteiger partial charge in [0.25, 0.3) is 0 Å². The number of benzene rings is 1. The van der Waals surface area contributed by atoms with Gasteiger partial charge in [0.2, 0.25) is 5.91 Å². The number of nitrogens with one attached hydrogen (secondary N) is 1. The van der Waals surface area contributed by atoms with Gasteiger partial charge < -0.3 is 10.2 Å². The highest BCUT2D eigenvalue weighted by atomic mass is 16.1. The second kappa shape index (κ2) is 5.33. The van der Waals surface area contributed by atoms with Crippen LogP contribution in [0.5, 0.6) is 0 Å². The molecule has 1 N–H and O–H groups in total. The van der Waals surface area contributed by atoms with Crippen LogP contribution in [0.4, 0.5) is 5.69 Å². The molecule has 2 aliphatic rings. The lowest BCUT2D eigenvalue weighted by atomic mass is 9.80. The second-order valence-corrected chi connectivity index (χ2v) is 5.99. The van der Waals surface area contributed by atoms with Crippen molar-refractivity contribution >= 4 is 11.6 Å². The molecule has 1 unspecified atom stereocenters. The summed E-state index contributed by atoms with van der Waals surface area (Å²) in [6.07, 6.45) is 4.91. The standard InChI is InChI=1S/C16H22N2O/c1-18-9-8-14(11-18)16(19)17-15-7-3-6-13(10-15)12-4-2-5-12/h3,6-7,10,12,14H,2,4-5,8-9,11H2,1H3,(H,17,19). The summed E-state index contributed by atoms with van der Waals surface area (Å²) in [4.78, 5) is 14.4. The molecule has 1 saturated carbocycles. The van der Waals surface area contributed by atoms with Gasteiger partial charge in [-0.1, -0.05) is 18.6 Å². The van der Waals surface area contributed by atoms with E-state index in [1.165, 1.54) is 24.8 Å². The minimum absolute atomic E-state index is 0.150. The first kappa shape index (κ1) is 12.7. The van der Waals surface area contributed by atoms with Crippen LogP contribution in [0.2, 0.25) is 0 Å². The molecule has 0 aromatic heterocycles. The molecule has 1 aliphatic heterocycles. The summed E-state index contributed by atoms with van der Waals surface area (Å²) in [5, 5.41) is 3.08. The fraction of sp³-hybridized carbons (Fsp3) is 0.562. The third-order valence-electron chi connectivity index (χ3n) is 4.49. The maximum atomic E-state index is 12.2. The van der Waals surface area contributed by atoms with Crippen LogP contribution in [-0.2, 0) is 4.79 Å². The summed E-state index contributed by atoms with van der Waals surface area (Å²) in [5.41, 5.74) is 2.34. The molecule has 2 fully saturated rings. The van der Waals surface area contributed by atoms with E-state index in [4.69, 9.17) is 0 Å². The molecule has 19 heavy (non-hydrogen) atoms. The minimum atomic E-state index is 0.150. The van der Waals surface area contributed by atoms with E-state index in [1.54, 1.807) is 0 Å². The van der Waals surface area contributed by atoms with Gasteiger partial charge in [0, 0.05) is 12.2 Å². The van der Waals surface area contributed by atoms with E-state index < -0.39 is 0 Å². The van der Waals surface area contributed by atoms with Crippen molar-refractivity contribution < 1.29 is 4.79 Å². The zero-order chi connectivity index (χ0) is 13.2. The average Bonchev–Trinajstić information content (AvgIpc) is 2.74. The highest BCUT2D eigenvalue weighted by Crippen LogP contribution is 2.37. The van der Waals surface area contributed by atoms with E-state index in [0.717, 1.165) is 31.1 Å². The lowest BCUT2D eigenvalue weighted by molar-refractivity contribution is -0.119. The summed E-state index contributed by atoms with van der Waals surface area (Å²) in [6, 6.07) is 8.39. The Bertz CT molecular complexity index is 468. The van der Waals surface area contributed by atoms with Crippen LogP contribution in [0, 0.1) is 5.92 Å². The summed E-state index contributed by atoms with van der Waals surface area (Å²) in [5.74, 6) is 1.04. The van der Waals surface area contributed by atoms with Crippen LogP contribution in [0.1, 0.15) is 37.2 Å². The maximum absolute atomic E-state index is 12.2. The molecule has 0 spiro atoms. The quantitative estimate of drug-likeness (QED) is 0.904. The summed E-state index contributed by atoms with van der Waals surface area (Å²) >= 11 is 0. The molecule has 1 aromatic carbocycles. The predicted molar refractivity (Wildman–Crippen MR) is 77.3 cm³/mol. The lowest BCUT2D eigenvalue weighted by Crippen LogP contribution is -2.25. The van der Waals surface area contributed by atoms with E-state index in [9.17, 15) is 4.79 Å². The molecule has 1 aromatic rings. The van der Waals surface area contributed by atoms with E-state index in [-0.39, 0.29) is 11.8 Å². The van der Waals surface area contributed by atoms with E-state index in [2.05, 4.69) is 35.5 Å². The highest BCUT2D eigenvalue weighted by Gasteiger charge is 2.26. The van der Waals surface area contributed by atoms with E-state index in [0.29, 0.717) is 0 Å². The first-order chi connectivity index (χ1) is 9.22. The Balaban J connectivity index is 1.64. The number of likely N-dealkylation sites (tertiary alicyclic amines) is 1. The Hall–Kier alpha value is -1.35. The van der Waals surface area contributed by atoms with Gasteiger partial charge in [0.15, 0.2) is 0 Å². The van der Waals surface area contributed by atoms with Gasteiger partial charge in [-0.3, -0.25) is 4.79 Å². The molecule has 102 valence electrons. The van der Waals surface area contributed by atoms with Crippen molar-refractivity contribution in [3.8, 4) is 0 Å². The zero-order valence-electron chi connectivity index (χ0n) is 11.6. The monoisotopic (exact) mass is 258 g/mol. The lowest BCUT2D eigenvalue weighted by Gasteiger charge is -2.26. The molecule has 0 bridgehead atoms. The SMILES string of the molecule is CN1CCC(C(=O)Nc2cccc(C3CCC3)c2)C1. The van der Waals surface area contributed by atoms with Crippen molar-refractivity contribution in [2.45, 2.75) is 31.6 Å². The van der Waals surface area contributed by atoms with E-state index in [1.807, 2.05) is 6.07 Å². The number of amides is 1. The number of carbonyl (C=O) groups excluding carboxylic acids is 1. The fourth-order valence-corrected chi connectivity index (χ4v) is 3.01. The summed E-state index contributed by atoms with van der Waals surface area (Å²) in [7, 11) is 2.07. The largest absolute Gasteiger partial charge is 0.326 e. The van der Waals surface area contributed by atoms with Crippen molar-refractivity contribution in [3.63, 3.8) is 0 Å². The van der Waals surface area contributed by atoms with Gasteiger partial charge in [-0.05, 0) is 56.5 Å². The number of rotatable bonds is 3. The number of hydrogen-bond donors (Lipinski definition) is 1. The molecule has 3 rings (SSSR count). The van der Waals surface area contributed by atoms with Crippen LogP contribution in [0.3, 0.4) is 0 Å². The van der Waals surface area contributed by atoms with Crippen LogP contribution >= 0.6 is 0 Å². The Kier molecular flexibility index (Phi) is 3.56. The van der Waals surface area contributed by atoms with Gasteiger partial charge in [-0.15, -0.1) is 0 Å². The molecular weight excluding hydrogens is 236 g/mol. The first-order valence-electron chi connectivity index (χ1n) is 7.32. The molecular formula is C16H22N2O. The van der Waals surface area contributed by atoms with Crippen molar-refractivity contribution in [1.29, 1.82) is 0 Å². The van der Waals surface area contributed by atoms with Gasteiger partial charge in [0.1, 0.15) is 0 Å². The number of carbonyl (C=O) groups is 1. The average molecular weight is 258 g/mol. The molecule has 1 atom stereocenters. The van der Waals surface area contributed by atoms with Gasteiger partial charge >= 0.3 is 0 Å². The van der Waals surface area contributed by atoms with Gasteiger partial charge in [-0.25, -0.2) is 0 Å². The number of anilines is 1. The summed E-state index contributed by atoms with van der Waals surface area (Å²) in [6.45, 7) is 1.91. The first-order valence-corrected chi connectivity index (χ1v) is 7.32. The fourth-order valence-electron chi connectivity index (χ4n) is 3.01. The number of nitrogens with zero attached hydrogens (tertiary/aromatic N) is 1. The third kappa shape index (κ3) is 2.81. The van der Waals surface area contributed by atoms with Gasteiger partial charge in [0.05, 0.1) is 5.92 Å². The molecule has 0 radical (unpaired) electrons. The molecule has 1 amide bonds. The zero-order valence-corrected chi connectivity index (χ0v) is 11.6. The second-order valence-electron chi connectivity index (χ2n) is 5.99. The Morgan fingerprint density at radius 2 is 2.16 bits per heavy atom. The molecule has 1 saturated heterocycles. The molecule has 3 heteroatoms. The van der Waals surface area contributed by atoms with Crippen molar-refractivity contribution in [1.82, 2.24) is 4.90 Å². The summed E-state index contributed by atoms with van der Waals surface area (Å²) < 4.78 is 0. The third-order valence-corrected chi connectivity index (χ3v) is 4.49. The normalized spacial score (nSPS) is 24.2. The van der Waals surface area contributed by atoms with Crippen molar-refractivity contribution in [3.05, 3.63) is 29.8 Å². The van der Waals surface area contributed by atoms with Gasteiger partial charge in [-0.2, -0.15) is 0 Å². The van der Waals surface area contributed by atoms with Crippen LogP contribution in [-0.4, -0.2) is 30.9 Å². The molecule has 1 heterocycles.